The minimum Gasteiger partial charge on any atom is -0.310 e. The summed E-state index contributed by atoms with van der Waals surface area (Å²) in [7, 11) is 0. The molecule has 0 spiro atoms. The Kier molecular flexibility index (Phi) is 8.62. The van der Waals surface area contributed by atoms with E-state index in [-0.39, 0.29) is 0 Å². The fourth-order valence-electron chi connectivity index (χ4n) is 9.02. The first kappa shape index (κ1) is 35.6. The van der Waals surface area contributed by atoms with Crippen LogP contribution in [0.4, 0.5) is 17.1 Å². The molecular weight excluding hydrogens is 775 g/mol. The van der Waals surface area contributed by atoms with E-state index in [1.54, 1.807) is 0 Å². The van der Waals surface area contributed by atoms with Gasteiger partial charge in [0.1, 0.15) is 0 Å². The summed E-state index contributed by atoms with van der Waals surface area (Å²) in [6.45, 7) is 0. The molecule has 0 fully saturated rings. The second-order valence-corrected chi connectivity index (χ2v) is 17.8. The zero-order chi connectivity index (χ0) is 40.3. The predicted molar refractivity (Wildman–Crippen MR) is 266 cm³/mol. The maximum absolute atomic E-state index is 2.49. The van der Waals surface area contributed by atoms with Crippen LogP contribution in [0.15, 0.2) is 224 Å². The van der Waals surface area contributed by atoms with Gasteiger partial charge in [-0.1, -0.05) is 170 Å². The van der Waals surface area contributed by atoms with E-state index in [1.165, 1.54) is 95.6 Å². The highest BCUT2D eigenvalue weighted by molar-refractivity contribution is 7.26. The van der Waals surface area contributed by atoms with E-state index in [0.717, 1.165) is 17.1 Å². The first-order valence-electron chi connectivity index (χ1n) is 20.7. The molecule has 0 radical (unpaired) electrons. The van der Waals surface area contributed by atoms with Gasteiger partial charge in [0, 0.05) is 51.7 Å². The normalized spacial score (nSPS) is 11.6. The molecule has 0 saturated carbocycles. The smallest absolute Gasteiger partial charge is 0.0555 e. The number of benzene rings is 10. The molecule has 0 amide bonds. The number of anilines is 3. The van der Waals surface area contributed by atoms with Crippen LogP contribution in [0.25, 0.3) is 95.6 Å². The van der Waals surface area contributed by atoms with Crippen LogP contribution in [0, 0.1) is 0 Å². The standard InChI is InChI=1S/C58H37NS2/c1-4-12-38(13-5-1)45-24-29-50-52-37-48(28-33-54(52)60-55(50)35-45)59(47-26-22-41(23-27-47)44-21-20-40-16-10-11-19-43(40)34-44)53-32-31-49(42-17-8-3-9-18-42)58-57(53)51-30-25-46(36-56(51)61-58)39-14-6-2-7-15-39/h1-37H. The first-order chi connectivity index (χ1) is 30.2. The molecule has 2 heterocycles. The Bertz CT molecular complexity index is 3570. The summed E-state index contributed by atoms with van der Waals surface area (Å²) in [6.07, 6.45) is 0. The van der Waals surface area contributed by atoms with Gasteiger partial charge in [0.15, 0.2) is 0 Å². The van der Waals surface area contributed by atoms with Gasteiger partial charge >= 0.3 is 0 Å². The molecule has 10 aromatic carbocycles. The molecule has 0 atom stereocenters. The van der Waals surface area contributed by atoms with Gasteiger partial charge in [0.05, 0.1) is 5.69 Å². The van der Waals surface area contributed by atoms with Gasteiger partial charge in [-0.3, -0.25) is 0 Å². The highest BCUT2D eigenvalue weighted by Crippen LogP contribution is 2.50. The van der Waals surface area contributed by atoms with Crippen LogP contribution in [0.1, 0.15) is 0 Å². The predicted octanol–water partition coefficient (Wildman–Crippen LogP) is 17.7. The van der Waals surface area contributed by atoms with Crippen LogP contribution >= 0.6 is 22.7 Å². The molecule has 0 N–H and O–H groups in total. The summed E-state index contributed by atoms with van der Waals surface area (Å²) in [6, 6.07) is 82.4. The largest absolute Gasteiger partial charge is 0.310 e. The average Bonchev–Trinajstić information content (AvgIpc) is 3.90. The molecule has 0 aliphatic rings. The number of rotatable bonds is 7. The maximum Gasteiger partial charge on any atom is 0.0555 e. The molecule has 286 valence electrons. The van der Waals surface area contributed by atoms with Crippen molar-refractivity contribution < 1.29 is 0 Å². The Labute approximate surface area is 362 Å². The second kappa shape index (κ2) is 14.8. The Hall–Kier alpha value is -7.30. The van der Waals surface area contributed by atoms with Gasteiger partial charge in [-0.2, -0.15) is 0 Å². The van der Waals surface area contributed by atoms with Crippen LogP contribution in [0.5, 0.6) is 0 Å². The van der Waals surface area contributed by atoms with E-state index in [2.05, 4.69) is 229 Å². The highest BCUT2D eigenvalue weighted by Gasteiger charge is 2.22. The Morgan fingerprint density at radius 3 is 1.54 bits per heavy atom. The fourth-order valence-corrected chi connectivity index (χ4v) is 11.4. The van der Waals surface area contributed by atoms with Gasteiger partial charge in [0.2, 0.25) is 0 Å². The fraction of sp³-hybridized carbons (Fsp3) is 0. The van der Waals surface area contributed by atoms with Crippen molar-refractivity contribution in [1.82, 2.24) is 0 Å². The second-order valence-electron chi connectivity index (χ2n) is 15.7. The van der Waals surface area contributed by atoms with E-state index in [9.17, 15) is 0 Å². The summed E-state index contributed by atoms with van der Waals surface area (Å²) < 4.78 is 5.15. The molecule has 12 rings (SSSR count). The minimum atomic E-state index is 1.11. The minimum absolute atomic E-state index is 1.11. The molecule has 3 heteroatoms. The van der Waals surface area contributed by atoms with Gasteiger partial charge in [0.25, 0.3) is 0 Å². The van der Waals surface area contributed by atoms with Crippen molar-refractivity contribution in [1.29, 1.82) is 0 Å². The summed E-state index contributed by atoms with van der Waals surface area (Å²) in [5.41, 5.74) is 13.2. The van der Waals surface area contributed by atoms with Crippen LogP contribution in [-0.2, 0) is 0 Å². The number of fused-ring (bicyclic) bond motifs is 7. The number of hydrogen-bond acceptors (Lipinski definition) is 3. The zero-order valence-corrected chi connectivity index (χ0v) is 34.8. The van der Waals surface area contributed by atoms with Crippen molar-refractivity contribution in [2.45, 2.75) is 0 Å². The third-order valence-corrected chi connectivity index (χ3v) is 14.4. The lowest BCUT2D eigenvalue weighted by molar-refractivity contribution is 1.31. The topological polar surface area (TPSA) is 3.24 Å². The lowest BCUT2D eigenvalue weighted by Gasteiger charge is -2.27. The van der Waals surface area contributed by atoms with Gasteiger partial charge in [-0.15, -0.1) is 22.7 Å². The van der Waals surface area contributed by atoms with Crippen molar-refractivity contribution in [3.05, 3.63) is 224 Å². The van der Waals surface area contributed by atoms with E-state index in [0.29, 0.717) is 0 Å². The molecule has 0 aliphatic carbocycles. The van der Waals surface area contributed by atoms with Crippen molar-refractivity contribution in [2.24, 2.45) is 0 Å². The lowest BCUT2D eigenvalue weighted by atomic mass is 9.98. The molecular formula is C58H37NS2. The first-order valence-corrected chi connectivity index (χ1v) is 22.4. The highest BCUT2D eigenvalue weighted by atomic mass is 32.1. The quantitative estimate of drug-likeness (QED) is 0.155. The van der Waals surface area contributed by atoms with Crippen molar-refractivity contribution in [3.8, 4) is 44.5 Å². The van der Waals surface area contributed by atoms with Crippen molar-refractivity contribution in [3.63, 3.8) is 0 Å². The Balaban J connectivity index is 1.07. The van der Waals surface area contributed by atoms with Crippen LogP contribution in [-0.4, -0.2) is 0 Å². The molecule has 61 heavy (non-hydrogen) atoms. The van der Waals surface area contributed by atoms with E-state index in [1.807, 2.05) is 22.7 Å². The number of hydrogen-bond donors (Lipinski definition) is 0. The molecule has 1 nitrogen and oxygen atoms in total. The summed E-state index contributed by atoms with van der Waals surface area (Å²) in [5, 5.41) is 7.59. The molecule has 12 aromatic rings. The third-order valence-electron chi connectivity index (χ3n) is 12.1. The van der Waals surface area contributed by atoms with E-state index in [4.69, 9.17) is 0 Å². The Morgan fingerprint density at radius 2 is 0.836 bits per heavy atom. The van der Waals surface area contributed by atoms with Crippen molar-refractivity contribution in [2.75, 3.05) is 4.90 Å². The summed E-state index contributed by atoms with van der Waals surface area (Å²) in [4.78, 5) is 2.49. The molecule has 0 unspecified atom stereocenters. The van der Waals surface area contributed by atoms with Gasteiger partial charge in [-0.25, -0.2) is 0 Å². The monoisotopic (exact) mass is 811 g/mol. The maximum atomic E-state index is 2.49. The number of thiophene rings is 2. The third kappa shape index (κ3) is 6.29. The zero-order valence-electron chi connectivity index (χ0n) is 33.1. The summed E-state index contributed by atoms with van der Waals surface area (Å²) >= 11 is 3.77. The number of nitrogens with zero attached hydrogens (tertiary/aromatic N) is 1. The van der Waals surface area contributed by atoms with Crippen LogP contribution in [0.2, 0.25) is 0 Å². The van der Waals surface area contributed by atoms with Crippen LogP contribution in [0.3, 0.4) is 0 Å². The van der Waals surface area contributed by atoms with Crippen molar-refractivity contribution >= 4 is 90.9 Å². The van der Waals surface area contributed by atoms with Gasteiger partial charge in [-0.05, 0) is 110 Å². The molecule has 0 bridgehead atoms. The SMILES string of the molecule is c1ccc(-c2ccc3c(c2)sc2ccc(N(c4ccc(-c5ccc6ccccc6c5)cc4)c4ccc(-c5ccccc5)c5sc6cc(-c7ccccc7)ccc6c45)cc23)cc1. The van der Waals surface area contributed by atoms with Gasteiger partial charge < -0.3 is 4.90 Å². The van der Waals surface area contributed by atoms with Crippen LogP contribution < -0.4 is 4.90 Å². The lowest BCUT2D eigenvalue weighted by Crippen LogP contribution is -2.10. The molecule has 0 aliphatic heterocycles. The summed E-state index contributed by atoms with van der Waals surface area (Å²) in [5.74, 6) is 0. The average molecular weight is 812 g/mol. The molecule has 0 saturated heterocycles. The van der Waals surface area contributed by atoms with E-state index < -0.39 is 0 Å². The van der Waals surface area contributed by atoms with E-state index >= 15 is 0 Å². The Morgan fingerprint density at radius 1 is 0.295 bits per heavy atom. The molecule has 2 aromatic heterocycles.